The van der Waals surface area contributed by atoms with Crippen molar-refractivity contribution >= 4 is 65.0 Å². The van der Waals surface area contributed by atoms with E-state index in [1.54, 1.807) is 0 Å². The molecule has 0 spiro atoms. The molecule has 0 radical (unpaired) electrons. The number of nitrogens with one attached hydrogen (secondary N) is 10. The number of nitrogens with two attached hydrogens (primary N) is 6. The molecule has 11 amide bonds. The largest absolute Gasteiger partial charge is 0.368 e. The van der Waals surface area contributed by atoms with Gasteiger partial charge in [0.25, 0.3) is 0 Å². The minimum absolute atomic E-state index is 0.0280. The third-order valence-electron chi connectivity index (χ3n) is 15.5. The monoisotopic (exact) mass is 1320 g/mol. The van der Waals surface area contributed by atoms with Crippen LogP contribution in [0.5, 0.6) is 0 Å². The van der Waals surface area contributed by atoms with Crippen molar-refractivity contribution in [1.82, 2.24) is 53.2 Å². The molecule has 0 heterocycles. The van der Waals surface area contributed by atoms with Gasteiger partial charge in [-0.2, -0.15) is 0 Å². The molecular weight excluding hydrogens is 1190 g/mol. The molecule has 538 valence electrons. The lowest BCUT2D eigenvalue weighted by Crippen LogP contribution is -2.61. The number of primary amides is 1. The lowest BCUT2D eigenvalue weighted by atomic mass is 9.98. The van der Waals surface area contributed by atoms with Crippen LogP contribution < -0.4 is 87.6 Å². The minimum atomic E-state index is -1.23. The first-order valence-electron chi connectivity index (χ1n) is 34.5. The zero-order valence-electron chi connectivity index (χ0n) is 59.1. The van der Waals surface area contributed by atoms with Crippen LogP contribution in [0.2, 0.25) is 0 Å². The normalized spacial score (nSPS) is 15.2. The first-order valence-corrected chi connectivity index (χ1v) is 34.5. The minimum Gasteiger partial charge on any atom is -0.368 e. The molecular formula is C66H128N16O11. The van der Waals surface area contributed by atoms with Gasteiger partial charge in [0.2, 0.25) is 65.0 Å². The Labute approximate surface area is 556 Å². The van der Waals surface area contributed by atoms with Crippen molar-refractivity contribution in [3.8, 4) is 0 Å². The van der Waals surface area contributed by atoms with E-state index in [2.05, 4.69) is 53.2 Å². The maximum absolute atomic E-state index is 14.6. The number of amides is 11. The summed E-state index contributed by atoms with van der Waals surface area (Å²) in [6, 6.07) is -12.3. The number of unbranched alkanes of at least 4 members (excludes halogenated alkanes) is 4. The van der Waals surface area contributed by atoms with Gasteiger partial charge in [-0.25, -0.2) is 0 Å². The van der Waals surface area contributed by atoms with E-state index in [4.69, 9.17) is 34.4 Å². The summed E-state index contributed by atoms with van der Waals surface area (Å²) in [6.07, 6.45) is 6.18. The van der Waals surface area contributed by atoms with Crippen molar-refractivity contribution in [1.29, 1.82) is 0 Å². The van der Waals surface area contributed by atoms with Gasteiger partial charge in [0, 0.05) is 0 Å². The lowest BCUT2D eigenvalue weighted by Gasteiger charge is -2.30. The van der Waals surface area contributed by atoms with E-state index in [0.717, 1.165) is 0 Å². The summed E-state index contributed by atoms with van der Waals surface area (Å²) in [7, 11) is 0. The third kappa shape index (κ3) is 38.2. The summed E-state index contributed by atoms with van der Waals surface area (Å²) in [5.41, 5.74) is 34.9. The molecule has 0 saturated heterocycles. The highest BCUT2D eigenvalue weighted by Crippen LogP contribution is 2.17. The second-order valence-electron chi connectivity index (χ2n) is 28.2. The Balaban J connectivity index is 7.03. The van der Waals surface area contributed by atoms with Gasteiger partial charge in [0.15, 0.2) is 0 Å². The maximum atomic E-state index is 14.6. The molecule has 0 aliphatic carbocycles. The Kier molecular flexibility index (Phi) is 44.7. The summed E-state index contributed by atoms with van der Waals surface area (Å²) in [5.74, 6) is -7.99. The highest BCUT2D eigenvalue weighted by molar-refractivity contribution is 5.99. The molecule has 0 fully saturated rings. The Bertz CT molecular complexity index is 2270. The summed E-state index contributed by atoms with van der Waals surface area (Å²) < 4.78 is 0. The van der Waals surface area contributed by atoms with E-state index in [1.807, 2.05) is 96.9 Å². The molecule has 0 saturated carbocycles. The average Bonchev–Trinajstić information content (AvgIpc) is 1.000. The van der Waals surface area contributed by atoms with Crippen molar-refractivity contribution in [2.24, 2.45) is 75.8 Å². The summed E-state index contributed by atoms with van der Waals surface area (Å²) in [6.45, 7) is 27.5. The van der Waals surface area contributed by atoms with Gasteiger partial charge in [0.05, 0.1) is 6.04 Å². The molecule has 22 N–H and O–H groups in total. The van der Waals surface area contributed by atoms with Gasteiger partial charge in [-0.05, 0) is 183 Å². The van der Waals surface area contributed by atoms with E-state index in [9.17, 15) is 52.7 Å². The van der Waals surface area contributed by atoms with Crippen LogP contribution in [-0.4, -0.2) is 158 Å². The van der Waals surface area contributed by atoms with Crippen LogP contribution in [0.15, 0.2) is 0 Å². The fourth-order valence-corrected chi connectivity index (χ4v) is 10.6. The second kappa shape index (κ2) is 47.8. The van der Waals surface area contributed by atoms with Crippen molar-refractivity contribution in [3.05, 3.63) is 0 Å². The number of carbonyl (C=O) groups is 11. The molecule has 0 bridgehead atoms. The topological polar surface area (TPSA) is 464 Å². The zero-order chi connectivity index (χ0) is 71.1. The molecule has 0 aromatic rings. The number of carbonyl (C=O) groups excluding carboxylic acids is 11. The van der Waals surface area contributed by atoms with Crippen molar-refractivity contribution < 1.29 is 52.7 Å². The Morgan fingerprint density at radius 1 is 0.237 bits per heavy atom. The third-order valence-corrected chi connectivity index (χ3v) is 15.5. The van der Waals surface area contributed by atoms with Crippen LogP contribution in [0, 0.1) is 41.4 Å². The Morgan fingerprint density at radius 3 is 0.591 bits per heavy atom. The molecule has 0 aromatic heterocycles. The van der Waals surface area contributed by atoms with Gasteiger partial charge in [0.1, 0.15) is 60.4 Å². The fraction of sp³-hybridized carbons (Fsp3) is 0.833. The van der Waals surface area contributed by atoms with E-state index < -0.39 is 131 Å². The number of hydrogen-bond acceptors (Lipinski definition) is 16. The van der Waals surface area contributed by atoms with Gasteiger partial charge in [-0.15, -0.1) is 0 Å². The van der Waals surface area contributed by atoms with Gasteiger partial charge < -0.3 is 87.6 Å². The van der Waals surface area contributed by atoms with Crippen LogP contribution >= 0.6 is 0 Å². The summed E-state index contributed by atoms with van der Waals surface area (Å²) >= 11 is 0. The predicted molar refractivity (Wildman–Crippen MR) is 364 cm³/mol. The van der Waals surface area contributed by atoms with E-state index >= 15 is 0 Å². The van der Waals surface area contributed by atoms with Crippen molar-refractivity contribution in [2.45, 2.75) is 285 Å². The molecule has 0 aliphatic heterocycles. The first kappa shape index (κ1) is 87.0. The SMILES string of the molecule is CC(C)C[C@H](NC(=O)[C@H](CC(C)C)NC(=O)[C@@H](CCCCN)NC(=O)[C@H](CC(C)C)NC(=O)[C@H](CC(C)C)NC(=O)[C@@H](CCCCN)NC(=O)[C@H](N)CCCCN)C(=O)N[C@@H](CCCCN)C(=O)N[C@@H](CC(C)C)C(=O)N[C@H](CC(C)C)C(=O)N[C@H](CC(C)C)C(N)=O. The predicted octanol–water partition coefficient (Wildman–Crippen LogP) is 1.49. The summed E-state index contributed by atoms with van der Waals surface area (Å²) in [4.78, 5) is 154. The summed E-state index contributed by atoms with van der Waals surface area (Å²) in [5, 5.41) is 28.1. The molecule has 0 unspecified atom stereocenters. The van der Waals surface area contributed by atoms with Gasteiger partial charge >= 0.3 is 0 Å². The molecule has 0 aliphatic rings. The maximum Gasteiger partial charge on any atom is 0.243 e. The van der Waals surface area contributed by atoms with Gasteiger partial charge in [-0.3, -0.25) is 52.7 Å². The Hall–Kier alpha value is -6.03. The van der Waals surface area contributed by atoms with Crippen molar-refractivity contribution in [3.63, 3.8) is 0 Å². The van der Waals surface area contributed by atoms with Crippen LogP contribution in [-0.2, 0) is 52.7 Å². The molecule has 0 aromatic carbocycles. The molecule has 27 nitrogen and oxygen atoms in total. The molecule has 0 rings (SSSR count). The van der Waals surface area contributed by atoms with Crippen LogP contribution in [0.25, 0.3) is 0 Å². The molecule has 11 atom stereocenters. The quantitative estimate of drug-likeness (QED) is 0.0384. The highest BCUT2D eigenvalue weighted by Gasteiger charge is 2.37. The molecule has 93 heavy (non-hydrogen) atoms. The highest BCUT2D eigenvalue weighted by atomic mass is 16.2. The first-order chi connectivity index (χ1) is 43.6. The second-order valence-corrected chi connectivity index (χ2v) is 28.2. The van der Waals surface area contributed by atoms with Gasteiger partial charge in [-0.1, -0.05) is 103 Å². The lowest BCUT2D eigenvalue weighted by molar-refractivity contribution is -0.136. The Morgan fingerprint density at radius 2 is 0.398 bits per heavy atom. The zero-order valence-corrected chi connectivity index (χ0v) is 59.1. The van der Waals surface area contributed by atoms with E-state index in [-0.39, 0.29) is 112 Å². The van der Waals surface area contributed by atoms with Crippen LogP contribution in [0.1, 0.15) is 219 Å². The standard InChI is InChI=1S/C66H128N16O11/c1-38(2)31-49(56(72)83)76-63(90)52(34-41(7)8)82-66(93)55(37-44(13)14)79-60(87)48(26-18-22-30-70)75-62(89)51(33-40(5)6)81-65(92)54(36-43(11)12)78-59(86)47(25-17-21-29-69)74-61(88)50(32-39(3)4)80-64(91)53(35-42(9)10)77-58(85)46(24-16-20-28-68)73-57(84)45(71)23-15-19-27-67/h38-55H,15-37,67-71H2,1-14H3,(H2,72,83)(H,73,84)(H,74,88)(H,75,89)(H,76,90)(H,77,85)(H,78,86)(H,79,87)(H,80,91)(H,81,92)(H,82,93)/t45-,46-,47-,48+,49-,50+,51+,52-,53+,54+,55+/m1/s1. The van der Waals surface area contributed by atoms with Crippen LogP contribution in [0.4, 0.5) is 0 Å². The smallest absolute Gasteiger partial charge is 0.243 e. The van der Waals surface area contributed by atoms with E-state index in [1.165, 1.54) is 0 Å². The molecule has 27 heteroatoms. The number of hydrogen-bond donors (Lipinski definition) is 16. The fourth-order valence-electron chi connectivity index (χ4n) is 10.6. The average molecular weight is 1320 g/mol. The van der Waals surface area contributed by atoms with E-state index in [0.29, 0.717) is 77.4 Å². The van der Waals surface area contributed by atoms with Crippen LogP contribution in [0.3, 0.4) is 0 Å². The number of rotatable bonds is 51. The van der Waals surface area contributed by atoms with Crippen molar-refractivity contribution in [2.75, 3.05) is 26.2 Å².